The third kappa shape index (κ3) is 3.92. The van der Waals surface area contributed by atoms with Gasteiger partial charge in [0.05, 0.1) is 0 Å². The van der Waals surface area contributed by atoms with Gasteiger partial charge in [-0.1, -0.05) is 6.92 Å². The molecule has 0 saturated heterocycles. The lowest BCUT2D eigenvalue weighted by atomic mass is 10.3. The molecule has 0 saturated carbocycles. The van der Waals surface area contributed by atoms with Crippen molar-refractivity contribution in [2.45, 2.75) is 24.0 Å². The molecule has 0 radical (unpaired) electrons. The average Bonchev–Trinajstić information content (AvgIpc) is 2.84. The number of aromatic nitrogens is 1. The molecular formula is C13H16N2OS2. The number of benzene rings is 1. The summed E-state index contributed by atoms with van der Waals surface area (Å²) in [6, 6.07) is 7.28. The smallest absolute Gasteiger partial charge is 0.182 e. The van der Waals surface area contributed by atoms with Crippen molar-refractivity contribution in [1.82, 2.24) is 4.98 Å². The maximum absolute atomic E-state index is 9.20. The Bertz CT molecular complexity index is 482. The van der Waals surface area contributed by atoms with Crippen molar-refractivity contribution in [3.8, 4) is 5.75 Å². The summed E-state index contributed by atoms with van der Waals surface area (Å²) in [7, 11) is 0. The highest BCUT2D eigenvalue weighted by atomic mass is 32.2. The van der Waals surface area contributed by atoms with Gasteiger partial charge in [-0.25, -0.2) is 4.98 Å². The van der Waals surface area contributed by atoms with Crippen molar-refractivity contribution in [1.29, 1.82) is 0 Å². The maximum Gasteiger partial charge on any atom is 0.182 e. The van der Waals surface area contributed by atoms with Gasteiger partial charge in [-0.15, -0.1) is 23.1 Å². The van der Waals surface area contributed by atoms with Gasteiger partial charge in [-0.3, -0.25) is 0 Å². The zero-order valence-electron chi connectivity index (χ0n) is 10.2. The first kappa shape index (κ1) is 13.2. The van der Waals surface area contributed by atoms with Crippen LogP contribution in [0, 0.1) is 0 Å². The fourth-order valence-electron chi connectivity index (χ4n) is 1.38. The van der Waals surface area contributed by atoms with E-state index in [0.29, 0.717) is 5.75 Å². The van der Waals surface area contributed by atoms with Gasteiger partial charge >= 0.3 is 0 Å². The molecule has 3 nitrogen and oxygen atoms in total. The van der Waals surface area contributed by atoms with E-state index in [1.807, 2.05) is 18.3 Å². The Kier molecular flexibility index (Phi) is 4.90. The van der Waals surface area contributed by atoms with Crippen LogP contribution < -0.4 is 5.32 Å². The average molecular weight is 280 g/mol. The predicted molar refractivity (Wildman–Crippen MR) is 78.6 cm³/mol. The quantitative estimate of drug-likeness (QED) is 0.786. The third-order valence-electron chi connectivity index (χ3n) is 2.30. The van der Waals surface area contributed by atoms with Gasteiger partial charge < -0.3 is 10.4 Å². The minimum atomic E-state index is 0.309. The minimum absolute atomic E-state index is 0.309. The molecule has 1 aromatic heterocycles. The Balaban J connectivity index is 1.86. The standard InChI is InChI=1S/C13H16N2OS2/c1-2-7-14-13-15-8-12(18-13)9-17-11-5-3-10(16)4-6-11/h3-6,8,16H,2,7,9H2,1H3,(H,14,15). The second kappa shape index (κ2) is 6.66. The Hall–Kier alpha value is -1.20. The van der Waals surface area contributed by atoms with E-state index in [0.717, 1.165) is 28.7 Å². The molecule has 0 aliphatic rings. The van der Waals surface area contributed by atoms with E-state index >= 15 is 0 Å². The molecule has 0 unspecified atom stereocenters. The molecule has 1 heterocycles. The van der Waals surface area contributed by atoms with Crippen LogP contribution in [0.4, 0.5) is 5.13 Å². The van der Waals surface area contributed by atoms with Crippen molar-refractivity contribution in [2.75, 3.05) is 11.9 Å². The largest absolute Gasteiger partial charge is 0.508 e. The van der Waals surface area contributed by atoms with E-state index in [1.165, 1.54) is 4.88 Å². The summed E-state index contributed by atoms with van der Waals surface area (Å²) in [6.07, 6.45) is 3.03. The van der Waals surface area contributed by atoms with Crippen molar-refractivity contribution in [3.05, 3.63) is 35.3 Å². The lowest BCUT2D eigenvalue weighted by molar-refractivity contribution is 0.475. The number of nitrogens with zero attached hydrogens (tertiary/aromatic N) is 1. The molecular weight excluding hydrogens is 264 g/mol. The van der Waals surface area contributed by atoms with Crippen LogP contribution in [0.1, 0.15) is 18.2 Å². The van der Waals surface area contributed by atoms with Gasteiger partial charge in [0.25, 0.3) is 0 Å². The number of phenolic OH excluding ortho intramolecular Hbond substituents is 1. The molecule has 2 rings (SSSR count). The molecule has 1 aromatic carbocycles. The van der Waals surface area contributed by atoms with Crippen molar-refractivity contribution in [2.24, 2.45) is 0 Å². The number of phenols is 1. The highest BCUT2D eigenvalue weighted by molar-refractivity contribution is 7.98. The summed E-state index contributed by atoms with van der Waals surface area (Å²) in [6.45, 7) is 3.11. The van der Waals surface area contributed by atoms with Gasteiger partial charge in [0.15, 0.2) is 5.13 Å². The summed E-state index contributed by atoms with van der Waals surface area (Å²) < 4.78 is 0. The van der Waals surface area contributed by atoms with Gasteiger partial charge in [0.1, 0.15) is 5.75 Å². The molecule has 0 amide bonds. The normalized spacial score (nSPS) is 10.5. The molecule has 5 heteroatoms. The molecule has 0 bridgehead atoms. The fourth-order valence-corrected chi connectivity index (χ4v) is 3.14. The summed E-state index contributed by atoms with van der Waals surface area (Å²) in [5.41, 5.74) is 0. The van der Waals surface area contributed by atoms with E-state index in [9.17, 15) is 5.11 Å². The Morgan fingerprint density at radius 3 is 2.83 bits per heavy atom. The zero-order valence-corrected chi connectivity index (χ0v) is 11.9. The van der Waals surface area contributed by atoms with Gasteiger partial charge in [-0.05, 0) is 30.7 Å². The first-order valence-electron chi connectivity index (χ1n) is 5.88. The van der Waals surface area contributed by atoms with Crippen LogP contribution >= 0.6 is 23.1 Å². The first-order valence-corrected chi connectivity index (χ1v) is 7.68. The molecule has 18 heavy (non-hydrogen) atoms. The molecule has 0 aliphatic heterocycles. The van der Waals surface area contributed by atoms with Crippen LogP contribution in [0.2, 0.25) is 0 Å². The minimum Gasteiger partial charge on any atom is -0.508 e. The van der Waals surface area contributed by atoms with Gasteiger partial charge in [0, 0.05) is 28.3 Å². The van der Waals surface area contributed by atoms with Crippen molar-refractivity contribution in [3.63, 3.8) is 0 Å². The van der Waals surface area contributed by atoms with Crippen LogP contribution in [-0.2, 0) is 5.75 Å². The lowest BCUT2D eigenvalue weighted by Gasteiger charge is -1.99. The highest BCUT2D eigenvalue weighted by Gasteiger charge is 2.02. The molecule has 0 aliphatic carbocycles. The van der Waals surface area contributed by atoms with Gasteiger partial charge in [0.2, 0.25) is 0 Å². The number of nitrogens with one attached hydrogen (secondary N) is 1. The van der Waals surface area contributed by atoms with Crippen LogP contribution in [0.3, 0.4) is 0 Å². The monoisotopic (exact) mass is 280 g/mol. The maximum atomic E-state index is 9.20. The fraction of sp³-hybridized carbons (Fsp3) is 0.308. The van der Waals surface area contributed by atoms with Crippen molar-refractivity contribution < 1.29 is 5.11 Å². The van der Waals surface area contributed by atoms with E-state index in [-0.39, 0.29) is 0 Å². The summed E-state index contributed by atoms with van der Waals surface area (Å²) in [5.74, 6) is 1.22. The van der Waals surface area contributed by atoms with Gasteiger partial charge in [-0.2, -0.15) is 0 Å². The van der Waals surface area contributed by atoms with Crippen LogP contribution in [0.15, 0.2) is 35.4 Å². The Morgan fingerprint density at radius 2 is 2.11 bits per heavy atom. The van der Waals surface area contributed by atoms with Crippen LogP contribution in [0.5, 0.6) is 5.75 Å². The highest BCUT2D eigenvalue weighted by Crippen LogP contribution is 2.28. The number of rotatable bonds is 6. The lowest BCUT2D eigenvalue weighted by Crippen LogP contribution is -1.97. The van der Waals surface area contributed by atoms with Crippen LogP contribution in [-0.4, -0.2) is 16.6 Å². The Morgan fingerprint density at radius 1 is 1.33 bits per heavy atom. The van der Waals surface area contributed by atoms with E-state index in [4.69, 9.17) is 0 Å². The number of hydrogen-bond acceptors (Lipinski definition) is 5. The molecule has 96 valence electrons. The Labute approximate surface area is 115 Å². The zero-order chi connectivity index (χ0) is 12.8. The molecule has 2 N–H and O–H groups in total. The second-order valence-electron chi connectivity index (χ2n) is 3.84. The third-order valence-corrected chi connectivity index (χ3v) is 4.50. The van der Waals surface area contributed by atoms with E-state index < -0.39 is 0 Å². The first-order chi connectivity index (χ1) is 8.78. The van der Waals surface area contributed by atoms with E-state index in [2.05, 4.69) is 17.2 Å². The number of thiazole rings is 1. The SMILES string of the molecule is CCCNc1ncc(CSc2ccc(O)cc2)s1. The van der Waals surface area contributed by atoms with Crippen LogP contribution in [0.25, 0.3) is 0 Å². The second-order valence-corrected chi connectivity index (χ2v) is 6.01. The molecule has 0 spiro atoms. The topological polar surface area (TPSA) is 45.2 Å². The summed E-state index contributed by atoms with van der Waals surface area (Å²) in [5, 5.41) is 13.5. The number of anilines is 1. The molecule has 0 atom stereocenters. The number of thioether (sulfide) groups is 1. The number of hydrogen-bond donors (Lipinski definition) is 2. The summed E-state index contributed by atoms with van der Waals surface area (Å²) in [4.78, 5) is 6.75. The summed E-state index contributed by atoms with van der Waals surface area (Å²) >= 11 is 3.45. The van der Waals surface area contributed by atoms with Crippen molar-refractivity contribution >= 4 is 28.2 Å². The predicted octanol–water partition coefficient (Wildman–Crippen LogP) is 3.96. The van der Waals surface area contributed by atoms with E-state index in [1.54, 1.807) is 35.2 Å². The number of aromatic hydroxyl groups is 1. The molecule has 0 fully saturated rings. The molecule has 2 aromatic rings.